The van der Waals surface area contributed by atoms with Crippen LogP contribution in [0, 0.1) is 5.82 Å². The normalized spacial score (nSPS) is 18.5. The molecular weight excluding hydrogens is 399 g/mol. The lowest BCUT2D eigenvalue weighted by Gasteiger charge is -2.30. The fourth-order valence-electron chi connectivity index (χ4n) is 3.83. The number of amides is 1. The van der Waals surface area contributed by atoms with Crippen LogP contribution in [-0.4, -0.2) is 35.1 Å². The summed E-state index contributed by atoms with van der Waals surface area (Å²) < 4.78 is 19.9. The third kappa shape index (κ3) is 4.51. The number of hydrogen-bond donors (Lipinski definition) is 4. The van der Waals surface area contributed by atoms with E-state index in [0.29, 0.717) is 11.4 Å². The van der Waals surface area contributed by atoms with Crippen molar-refractivity contribution in [1.82, 2.24) is 9.97 Å². The number of nitrogens with zero attached hydrogens (tertiary/aromatic N) is 2. The number of aromatic nitrogens is 2. The van der Waals surface area contributed by atoms with Gasteiger partial charge in [0.15, 0.2) is 11.6 Å². The largest absolute Gasteiger partial charge is 0.497 e. The topological polar surface area (TPSA) is 128 Å². The summed E-state index contributed by atoms with van der Waals surface area (Å²) in [6.45, 7) is 0. The molecule has 4 rings (SSSR count). The Labute approximate surface area is 179 Å². The molecule has 2 atom stereocenters. The van der Waals surface area contributed by atoms with Crippen LogP contribution in [0.2, 0.25) is 0 Å². The highest BCUT2D eigenvalue weighted by Gasteiger charge is 2.24. The number of benzene rings is 1. The Morgan fingerprint density at radius 1 is 1.19 bits per heavy atom. The number of rotatable bonds is 6. The lowest BCUT2D eigenvalue weighted by molar-refractivity contribution is 0.100. The molecule has 9 heteroatoms. The Morgan fingerprint density at radius 3 is 2.74 bits per heavy atom. The summed E-state index contributed by atoms with van der Waals surface area (Å²) >= 11 is 0. The molecule has 162 valence electrons. The molecule has 0 aliphatic heterocycles. The molecule has 6 N–H and O–H groups in total. The van der Waals surface area contributed by atoms with Crippen molar-refractivity contribution in [3.8, 4) is 5.75 Å². The first-order valence-electron chi connectivity index (χ1n) is 10.2. The summed E-state index contributed by atoms with van der Waals surface area (Å²) in [6.07, 6.45) is 5.38. The van der Waals surface area contributed by atoms with E-state index in [1.165, 1.54) is 0 Å². The smallest absolute Gasteiger partial charge is 0.252 e. The van der Waals surface area contributed by atoms with Crippen LogP contribution >= 0.6 is 0 Å². The third-order valence-electron chi connectivity index (χ3n) is 5.53. The van der Waals surface area contributed by atoms with Gasteiger partial charge in [0.1, 0.15) is 11.6 Å². The van der Waals surface area contributed by atoms with Crippen LogP contribution in [0.3, 0.4) is 0 Å². The van der Waals surface area contributed by atoms with E-state index in [1.54, 1.807) is 13.3 Å². The second-order valence-corrected chi connectivity index (χ2v) is 7.69. The molecule has 0 bridgehead atoms. The Morgan fingerprint density at radius 2 is 2.00 bits per heavy atom. The minimum Gasteiger partial charge on any atom is -0.497 e. The first-order chi connectivity index (χ1) is 14.9. The van der Waals surface area contributed by atoms with E-state index in [9.17, 15) is 9.18 Å². The maximum Gasteiger partial charge on any atom is 0.252 e. The Hall–Kier alpha value is -3.46. The molecule has 0 unspecified atom stereocenters. The average molecular weight is 424 g/mol. The number of carbonyl (C=O) groups is 1. The number of hydrogen-bond acceptors (Lipinski definition) is 7. The van der Waals surface area contributed by atoms with Crippen molar-refractivity contribution >= 4 is 34.1 Å². The third-order valence-corrected chi connectivity index (χ3v) is 5.53. The summed E-state index contributed by atoms with van der Waals surface area (Å²) in [6, 6.07) is 8.27. The highest BCUT2D eigenvalue weighted by Crippen LogP contribution is 2.28. The predicted octanol–water partition coefficient (Wildman–Crippen LogP) is 3.30. The van der Waals surface area contributed by atoms with E-state index in [2.05, 4.69) is 20.6 Å². The lowest BCUT2D eigenvalue weighted by Crippen LogP contribution is -2.43. The lowest BCUT2D eigenvalue weighted by atomic mass is 9.91. The van der Waals surface area contributed by atoms with Gasteiger partial charge in [0.2, 0.25) is 0 Å². The van der Waals surface area contributed by atoms with Gasteiger partial charge in [-0.25, -0.2) is 9.37 Å². The predicted molar refractivity (Wildman–Crippen MR) is 118 cm³/mol. The van der Waals surface area contributed by atoms with Crippen molar-refractivity contribution in [2.45, 2.75) is 37.8 Å². The average Bonchev–Trinajstić information content (AvgIpc) is 2.76. The number of primary amides is 1. The minimum atomic E-state index is -0.787. The van der Waals surface area contributed by atoms with Crippen molar-refractivity contribution in [3.63, 3.8) is 0 Å². The van der Waals surface area contributed by atoms with Gasteiger partial charge in [-0.15, -0.1) is 0 Å². The van der Waals surface area contributed by atoms with Gasteiger partial charge in [-0.1, -0.05) is 12.8 Å². The van der Waals surface area contributed by atoms with Gasteiger partial charge in [-0.2, -0.15) is 0 Å². The maximum absolute atomic E-state index is 14.7. The van der Waals surface area contributed by atoms with E-state index < -0.39 is 11.7 Å². The van der Waals surface area contributed by atoms with E-state index in [4.69, 9.17) is 16.2 Å². The number of anilines is 3. The zero-order chi connectivity index (χ0) is 22.0. The quantitative estimate of drug-likeness (QED) is 0.478. The number of pyridine rings is 2. The maximum atomic E-state index is 14.7. The molecule has 3 aromatic rings. The minimum absolute atomic E-state index is 0.0327. The van der Waals surface area contributed by atoms with Crippen molar-refractivity contribution < 1.29 is 13.9 Å². The summed E-state index contributed by atoms with van der Waals surface area (Å²) in [5.74, 6) is -0.571. The zero-order valence-corrected chi connectivity index (χ0v) is 17.2. The number of nitrogens with two attached hydrogens (primary N) is 2. The molecule has 1 aliphatic rings. The van der Waals surface area contributed by atoms with Crippen molar-refractivity contribution in [1.29, 1.82) is 0 Å². The van der Waals surface area contributed by atoms with Crippen molar-refractivity contribution in [3.05, 3.63) is 47.9 Å². The van der Waals surface area contributed by atoms with Gasteiger partial charge in [0.05, 0.1) is 30.1 Å². The molecule has 2 heterocycles. The first-order valence-corrected chi connectivity index (χ1v) is 10.2. The molecule has 1 aromatic carbocycles. The Bertz CT molecular complexity index is 1120. The van der Waals surface area contributed by atoms with Crippen LogP contribution in [0.5, 0.6) is 5.75 Å². The molecule has 0 saturated heterocycles. The summed E-state index contributed by atoms with van der Waals surface area (Å²) in [5.41, 5.74) is 12.9. The first kappa shape index (κ1) is 20.8. The second-order valence-electron chi connectivity index (χ2n) is 7.69. The van der Waals surface area contributed by atoms with Gasteiger partial charge >= 0.3 is 0 Å². The molecule has 8 nitrogen and oxygen atoms in total. The highest BCUT2D eigenvalue weighted by atomic mass is 19.1. The number of nitrogens with one attached hydrogen (secondary N) is 2. The van der Waals surface area contributed by atoms with Gasteiger partial charge in [-0.3, -0.25) is 9.78 Å². The van der Waals surface area contributed by atoms with Crippen LogP contribution in [-0.2, 0) is 0 Å². The molecule has 1 saturated carbocycles. The number of halogens is 1. The standard InChI is InChI=1S/C22H25FN6O2/c1-31-14-6-7-18-12(9-14)8-13(11-26-18)27-21-15(20(25)30)10-16(23)22(29-21)28-19-5-3-2-4-17(19)24/h6-11,17,19H,2-5,24H2,1H3,(H2,25,30)(H2,27,28,29)/t17-,19+/m0/s1. The molecule has 31 heavy (non-hydrogen) atoms. The van der Waals surface area contributed by atoms with Gasteiger partial charge in [-0.05, 0) is 43.2 Å². The number of fused-ring (bicyclic) bond motifs is 1. The second kappa shape index (κ2) is 8.73. The molecule has 1 fully saturated rings. The summed E-state index contributed by atoms with van der Waals surface area (Å²) in [4.78, 5) is 20.6. The molecule has 0 spiro atoms. The van der Waals surface area contributed by atoms with Gasteiger partial charge in [0, 0.05) is 17.5 Å². The number of carbonyl (C=O) groups excluding carboxylic acids is 1. The molecule has 1 aliphatic carbocycles. The summed E-state index contributed by atoms with van der Waals surface area (Å²) in [5, 5.41) is 6.98. The summed E-state index contributed by atoms with van der Waals surface area (Å²) in [7, 11) is 1.59. The van der Waals surface area contributed by atoms with Crippen LogP contribution in [0.1, 0.15) is 36.0 Å². The fourth-order valence-corrected chi connectivity index (χ4v) is 3.83. The van der Waals surface area contributed by atoms with Crippen LogP contribution in [0.4, 0.5) is 21.7 Å². The van der Waals surface area contributed by atoms with Gasteiger partial charge < -0.3 is 26.8 Å². The van der Waals surface area contributed by atoms with Crippen LogP contribution in [0.15, 0.2) is 36.5 Å². The van der Waals surface area contributed by atoms with Crippen LogP contribution in [0.25, 0.3) is 10.9 Å². The number of ether oxygens (including phenoxy) is 1. The number of methoxy groups -OCH3 is 1. The van der Waals surface area contributed by atoms with E-state index in [1.807, 2.05) is 24.3 Å². The van der Waals surface area contributed by atoms with Crippen molar-refractivity contribution in [2.75, 3.05) is 17.7 Å². The zero-order valence-electron chi connectivity index (χ0n) is 17.2. The molecule has 0 radical (unpaired) electrons. The van der Waals surface area contributed by atoms with Crippen LogP contribution < -0.4 is 26.8 Å². The Kier molecular flexibility index (Phi) is 5.85. The Balaban J connectivity index is 1.67. The SMILES string of the molecule is COc1ccc2ncc(Nc3nc(N[C@@H]4CCCC[C@@H]4N)c(F)cc3C(N)=O)cc2c1. The fraction of sp³-hybridized carbons (Fsp3) is 0.318. The monoisotopic (exact) mass is 424 g/mol. The van der Waals surface area contributed by atoms with Crippen molar-refractivity contribution in [2.24, 2.45) is 11.5 Å². The molecular formula is C22H25FN6O2. The van der Waals surface area contributed by atoms with E-state index >= 15 is 0 Å². The van der Waals surface area contributed by atoms with E-state index in [0.717, 1.165) is 42.7 Å². The highest BCUT2D eigenvalue weighted by molar-refractivity contribution is 5.99. The molecule has 2 aromatic heterocycles. The van der Waals surface area contributed by atoms with Gasteiger partial charge in [0.25, 0.3) is 5.91 Å². The molecule has 1 amide bonds. The van der Waals surface area contributed by atoms with E-state index in [-0.39, 0.29) is 29.3 Å².